The van der Waals surface area contributed by atoms with E-state index in [1.165, 1.54) is 4.90 Å². The molecule has 3 heterocycles. The van der Waals surface area contributed by atoms with Gasteiger partial charge in [0.1, 0.15) is 6.04 Å². The van der Waals surface area contributed by atoms with Crippen molar-refractivity contribution in [1.82, 2.24) is 25.5 Å². The molecule has 0 bridgehead atoms. The summed E-state index contributed by atoms with van der Waals surface area (Å²) in [5.41, 5.74) is 21.7. The van der Waals surface area contributed by atoms with Gasteiger partial charge in [-0.2, -0.15) is 0 Å². The summed E-state index contributed by atoms with van der Waals surface area (Å²) in [6.07, 6.45) is 5.54. The number of ketones is 2. The highest BCUT2D eigenvalue weighted by Crippen LogP contribution is 2.26. The fourth-order valence-corrected chi connectivity index (χ4v) is 8.20. The van der Waals surface area contributed by atoms with Crippen molar-refractivity contribution >= 4 is 57.0 Å². The molecule has 0 spiro atoms. The molecule has 1 saturated heterocycles. The molecule has 5 aromatic rings. The summed E-state index contributed by atoms with van der Waals surface area (Å²) in [6.45, 7) is 2.21. The second-order valence-electron chi connectivity index (χ2n) is 16.1. The monoisotopic (exact) mass is 816 g/mol. The van der Waals surface area contributed by atoms with Crippen LogP contribution in [0.3, 0.4) is 0 Å². The fraction of sp³-hybridized carbons (Fsp3) is 0.391. The molecule has 60 heavy (non-hydrogen) atoms. The van der Waals surface area contributed by atoms with E-state index in [-0.39, 0.29) is 56.8 Å². The molecule has 0 aliphatic carbocycles. The van der Waals surface area contributed by atoms with Gasteiger partial charge in [-0.15, -0.1) is 0 Å². The number of unbranched alkanes of at least 4 members (excludes halogenated alkanes) is 1. The van der Waals surface area contributed by atoms with E-state index in [1.807, 2.05) is 85.1 Å². The SMILES string of the molecule is C[C@H](NC(=O)[C@@H](Cc1c[nH]c2ccccc12)N1C[C@@H](N)CC1=O)C(=O)C[C@@H](Cc1c[nH]c2ccccc12)C(=O)N[C@H](Cc1ccccc1)C(=O)C[C@@H](CCCCN)C(N)=O. The Balaban J connectivity index is 1.23. The van der Waals surface area contributed by atoms with Crippen LogP contribution in [0.1, 0.15) is 62.1 Å². The third-order valence-electron chi connectivity index (χ3n) is 11.6. The average molecular weight is 817 g/mol. The molecule has 4 amide bonds. The van der Waals surface area contributed by atoms with Crippen molar-refractivity contribution in [1.29, 1.82) is 0 Å². The molecule has 2 aromatic heterocycles. The zero-order valence-corrected chi connectivity index (χ0v) is 34.0. The summed E-state index contributed by atoms with van der Waals surface area (Å²) in [4.78, 5) is 90.2. The fourth-order valence-electron chi connectivity index (χ4n) is 8.20. The van der Waals surface area contributed by atoms with Gasteiger partial charge >= 0.3 is 0 Å². The van der Waals surface area contributed by atoms with Crippen molar-refractivity contribution in [2.75, 3.05) is 13.1 Å². The van der Waals surface area contributed by atoms with E-state index in [0.717, 1.165) is 38.5 Å². The first-order valence-electron chi connectivity index (χ1n) is 20.8. The van der Waals surface area contributed by atoms with Gasteiger partial charge in [0.05, 0.1) is 12.1 Å². The molecule has 6 atom stereocenters. The minimum Gasteiger partial charge on any atom is -0.369 e. The highest BCUT2D eigenvalue weighted by Gasteiger charge is 2.38. The second-order valence-corrected chi connectivity index (χ2v) is 16.1. The molecule has 0 unspecified atom stereocenters. The summed E-state index contributed by atoms with van der Waals surface area (Å²) < 4.78 is 0. The Labute approximate surface area is 349 Å². The number of carbonyl (C=O) groups excluding carboxylic acids is 6. The molecule has 1 fully saturated rings. The number of aromatic nitrogens is 2. The molecule has 1 aliphatic rings. The van der Waals surface area contributed by atoms with Gasteiger partial charge in [0, 0.05) is 84.3 Å². The van der Waals surface area contributed by atoms with E-state index in [4.69, 9.17) is 17.2 Å². The van der Waals surface area contributed by atoms with Gasteiger partial charge in [-0.3, -0.25) is 28.8 Å². The summed E-state index contributed by atoms with van der Waals surface area (Å²) in [5.74, 6) is -4.28. The number of H-pyrrole nitrogens is 2. The van der Waals surface area contributed by atoms with E-state index < -0.39 is 59.5 Å². The van der Waals surface area contributed by atoms with E-state index in [2.05, 4.69) is 20.6 Å². The molecule has 1 aliphatic heterocycles. The number of nitrogens with one attached hydrogen (secondary N) is 4. The number of amides is 4. The van der Waals surface area contributed by atoms with Crippen molar-refractivity contribution in [3.8, 4) is 0 Å². The summed E-state index contributed by atoms with van der Waals surface area (Å²) in [7, 11) is 0. The molecule has 14 heteroatoms. The number of para-hydroxylation sites is 2. The first-order chi connectivity index (χ1) is 28.9. The predicted molar refractivity (Wildman–Crippen MR) is 230 cm³/mol. The molecule has 3 aromatic carbocycles. The Morgan fingerprint density at radius 2 is 1.35 bits per heavy atom. The Morgan fingerprint density at radius 1 is 0.750 bits per heavy atom. The van der Waals surface area contributed by atoms with Crippen LogP contribution in [0.15, 0.2) is 91.3 Å². The van der Waals surface area contributed by atoms with Crippen LogP contribution < -0.4 is 27.8 Å². The lowest BCUT2D eigenvalue weighted by Gasteiger charge is -2.28. The highest BCUT2D eigenvalue weighted by atomic mass is 16.2. The maximum absolute atomic E-state index is 14.5. The summed E-state index contributed by atoms with van der Waals surface area (Å²) in [6, 6.07) is 21.1. The zero-order valence-electron chi connectivity index (χ0n) is 34.0. The topological polar surface area (TPSA) is 239 Å². The summed E-state index contributed by atoms with van der Waals surface area (Å²) >= 11 is 0. The van der Waals surface area contributed by atoms with Crippen LogP contribution in [-0.2, 0) is 48.0 Å². The standard InChI is InChI=1S/C46H56N8O6/c1-28(52-46(60)40(54-27-34(48)24-43(54)57)21-33-26-51-38-17-8-6-15-36(33)38)41(55)23-31(20-32-25-50-37-16-7-5-14-35(32)37)45(59)53-39(19-29-11-3-2-4-12-29)42(56)22-30(44(49)58)13-9-10-18-47/h2-8,11-12,14-17,25-26,28,30-31,34,39-40,50-51H,9-10,13,18-24,27,47-48H2,1H3,(H2,49,58)(H,52,60)(H,53,59)/t28-,30+,31+,34-,39+,40+/m0/s1. The Bertz CT molecular complexity index is 2300. The quantitative estimate of drug-likeness (QED) is 0.0510. The van der Waals surface area contributed by atoms with E-state index >= 15 is 0 Å². The number of hydrogen-bond donors (Lipinski definition) is 7. The second kappa shape index (κ2) is 20.2. The molecule has 316 valence electrons. The smallest absolute Gasteiger partial charge is 0.243 e. The van der Waals surface area contributed by atoms with Crippen LogP contribution in [0.2, 0.25) is 0 Å². The lowest BCUT2D eigenvalue weighted by atomic mass is 9.88. The molecule has 6 rings (SSSR count). The minimum atomic E-state index is -1.03. The van der Waals surface area contributed by atoms with Gasteiger partial charge in [-0.25, -0.2) is 0 Å². The van der Waals surface area contributed by atoms with Crippen LogP contribution in [0.5, 0.6) is 0 Å². The normalized spacial score (nSPS) is 16.6. The van der Waals surface area contributed by atoms with Crippen molar-refractivity contribution in [2.24, 2.45) is 29.0 Å². The van der Waals surface area contributed by atoms with Crippen molar-refractivity contribution in [3.05, 3.63) is 108 Å². The minimum absolute atomic E-state index is 0.113. The number of Topliss-reactive ketones (excluding diaryl/α,β-unsaturated/α-hetero) is 2. The molecule has 14 nitrogen and oxygen atoms in total. The number of fused-ring (bicyclic) bond motifs is 2. The number of nitrogens with zero attached hydrogens (tertiary/aromatic N) is 1. The largest absolute Gasteiger partial charge is 0.369 e. The first-order valence-corrected chi connectivity index (χ1v) is 20.8. The molecular weight excluding hydrogens is 761 g/mol. The maximum atomic E-state index is 14.5. The van der Waals surface area contributed by atoms with Gasteiger partial charge < -0.3 is 42.7 Å². The van der Waals surface area contributed by atoms with Crippen molar-refractivity contribution in [2.45, 2.75) is 88.9 Å². The Morgan fingerprint density at radius 3 is 1.95 bits per heavy atom. The van der Waals surface area contributed by atoms with E-state index in [1.54, 1.807) is 13.1 Å². The van der Waals surface area contributed by atoms with Crippen molar-refractivity contribution in [3.63, 3.8) is 0 Å². The van der Waals surface area contributed by atoms with E-state index in [9.17, 15) is 28.8 Å². The van der Waals surface area contributed by atoms with Crippen LogP contribution in [0.4, 0.5) is 0 Å². The predicted octanol–water partition coefficient (Wildman–Crippen LogP) is 3.36. The number of nitrogens with two attached hydrogens (primary N) is 3. The highest BCUT2D eigenvalue weighted by molar-refractivity contribution is 5.97. The number of likely N-dealkylation sites (tertiary alicyclic amines) is 1. The Hall–Kier alpha value is -6.12. The van der Waals surface area contributed by atoms with Crippen LogP contribution in [0, 0.1) is 11.8 Å². The van der Waals surface area contributed by atoms with Crippen molar-refractivity contribution < 1.29 is 28.8 Å². The molecule has 0 radical (unpaired) electrons. The van der Waals surface area contributed by atoms with Gasteiger partial charge in [-0.05, 0) is 68.0 Å². The number of benzene rings is 3. The number of rotatable bonds is 22. The van der Waals surface area contributed by atoms with Gasteiger partial charge in [0.2, 0.25) is 23.6 Å². The van der Waals surface area contributed by atoms with E-state index in [0.29, 0.717) is 25.8 Å². The lowest BCUT2D eigenvalue weighted by Crippen LogP contribution is -2.53. The van der Waals surface area contributed by atoms with Crippen LogP contribution >= 0.6 is 0 Å². The zero-order chi connectivity index (χ0) is 42.8. The number of hydrogen-bond acceptors (Lipinski definition) is 8. The number of aromatic amines is 2. The van der Waals surface area contributed by atoms with Gasteiger partial charge in [0.25, 0.3) is 0 Å². The van der Waals surface area contributed by atoms with Crippen LogP contribution in [0.25, 0.3) is 21.8 Å². The molecule has 0 saturated carbocycles. The number of primary amides is 1. The Kier molecular flexibility index (Phi) is 14.7. The third kappa shape index (κ3) is 10.9. The van der Waals surface area contributed by atoms with Gasteiger partial charge in [0.15, 0.2) is 11.6 Å². The lowest BCUT2D eigenvalue weighted by molar-refractivity contribution is -0.138. The average Bonchev–Trinajstić information content (AvgIpc) is 3.94. The first kappa shape index (κ1) is 43.5. The maximum Gasteiger partial charge on any atom is 0.243 e. The van der Waals surface area contributed by atoms with Gasteiger partial charge in [-0.1, -0.05) is 73.2 Å². The van der Waals surface area contributed by atoms with Crippen LogP contribution in [-0.4, -0.2) is 87.3 Å². The third-order valence-corrected chi connectivity index (χ3v) is 11.6. The molecular formula is C46H56N8O6. The summed E-state index contributed by atoms with van der Waals surface area (Å²) in [5, 5.41) is 7.61. The number of carbonyl (C=O) groups is 6. The molecule has 10 N–H and O–H groups in total.